The topological polar surface area (TPSA) is 159 Å². The Morgan fingerprint density at radius 1 is 1.26 bits per heavy atom. The number of rotatable bonds is 5. The molecule has 3 aromatic rings. The van der Waals surface area contributed by atoms with Crippen molar-refractivity contribution in [3.63, 3.8) is 0 Å². The molecule has 1 fully saturated rings. The molecule has 4 N–H and O–H groups in total. The van der Waals surface area contributed by atoms with Gasteiger partial charge in [0.05, 0.1) is 12.6 Å². The summed E-state index contributed by atoms with van der Waals surface area (Å²) in [5.41, 5.74) is 1.58. The molecule has 1 aliphatic heterocycles. The Balaban J connectivity index is 0.000000858. The van der Waals surface area contributed by atoms with E-state index >= 15 is 0 Å². The summed E-state index contributed by atoms with van der Waals surface area (Å²) in [6.07, 6.45) is 2.36. The molecule has 11 nitrogen and oxygen atoms in total. The molecular formula is C20H20N6O5. The zero-order chi connectivity index (χ0) is 22.1. The minimum atomic E-state index is -0.863. The van der Waals surface area contributed by atoms with Crippen LogP contribution in [-0.4, -0.2) is 56.3 Å². The lowest BCUT2D eigenvalue weighted by Gasteiger charge is -2.31. The molecule has 3 heterocycles. The highest BCUT2D eigenvalue weighted by molar-refractivity contribution is 5.86. The number of amides is 2. The predicted octanol–water partition coefficient (Wildman–Crippen LogP) is 0.440. The zero-order valence-corrected chi connectivity index (χ0v) is 16.3. The third-order valence-electron chi connectivity index (χ3n) is 4.31. The molecule has 1 aromatic carbocycles. The fraction of sp³-hybridized carbons (Fsp3) is 0.200. The number of benzene rings is 1. The molecule has 2 aromatic heterocycles. The van der Waals surface area contributed by atoms with E-state index in [0.29, 0.717) is 17.2 Å². The standard InChI is InChI=1S/C19H18N6O3.CH2O2/c26-15-11-28-17(16(23-15)13-7-4-8-20-9-13)19(27)21-10-14-22-18(25-24-14)12-5-2-1-3-6-12;2-1-3/h1-9,16-17H,10-11H2,(H,21,27)(H,23,26)(H,22,24,25);1H,(H,2,3)/t16-,17+;/m1./s1. The molecule has 0 bridgehead atoms. The van der Waals surface area contributed by atoms with Gasteiger partial charge in [-0.25, -0.2) is 4.98 Å². The van der Waals surface area contributed by atoms with Crippen molar-refractivity contribution in [1.29, 1.82) is 0 Å². The number of nitrogens with one attached hydrogen (secondary N) is 3. The third-order valence-corrected chi connectivity index (χ3v) is 4.31. The summed E-state index contributed by atoms with van der Waals surface area (Å²) in [5, 5.41) is 19.4. The average Bonchev–Trinajstić information content (AvgIpc) is 3.28. The molecule has 2 atom stereocenters. The summed E-state index contributed by atoms with van der Waals surface area (Å²) >= 11 is 0. The van der Waals surface area contributed by atoms with Crippen LogP contribution in [0, 0.1) is 0 Å². The molecule has 1 aliphatic rings. The molecule has 0 spiro atoms. The van der Waals surface area contributed by atoms with E-state index in [1.165, 1.54) is 0 Å². The fourth-order valence-electron chi connectivity index (χ4n) is 2.96. The van der Waals surface area contributed by atoms with Crippen LogP contribution < -0.4 is 10.6 Å². The lowest BCUT2D eigenvalue weighted by Crippen LogP contribution is -2.52. The van der Waals surface area contributed by atoms with Crippen molar-refractivity contribution in [2.24, 2.45) is 0 Å². The number of pyridine rings is 1. The maximum absolute atomic E-state index is 12.7. The van der Waals surface area contributed by atoms with Gasteiger partial charge in [-0.3, -0.25) is 24.5 Å². The number of H-pyrrole nitrogens is 1. The van der Waals surface area contributed by atoms with Crippen molar-refractivity contribution in [2.75, 3.05) is 6.61 Å². The summed E-state index contributed by atoms with van der Waals surface area (Å²) in [5.74, 6) is 0.441. The Hall–Kier alpha value is -4.12. The molecule has 0 aliphatic carbocycles. The van der Waals surface area contributed by atoms with Crippen molar-refractivity contribution < 1.29 is 24.2 Å². The lowest BCUT2D eigenvalue weighted by molar-refractivity contribution is -0.148. The van der Waals surface area contributed by atoms with E-state index in [1.807, 2.05) is 30.3 Å². The SMILES string of the molecule is O=C1CO[C@H](C(=O)NCc2nc(-c3ccccc3)n[nH]2)[C@@H](c2cccnc2)N1.O=CO. The van der Waals surface area contributed by atoms with Crippen molar-refractivity contribution in [3.05, 3.63) is 66.2 Å². The minimum absolute atomic E-state index is 0.159. The largest absolute Gasteiger partial charge is 0.483 e. The molecular weight excluding hydrogens is 404 g/mol. The van der Waals surface area contributed by atoms with Crippen molar-refractivity contribution in [1.82, 2.24) is 30.8 Å². The molecule has 0 unspecified atom stereocenters. The third kappa shape index (κ3) is 5.70. The number of nitrogens with zero attached hydrogens (tertiary/aromatic N) is 3. The second-order valence-corrected chi connectivity index (χ2v) is 6.36. The van der Waals surface area contributed by atoms with Gasteiger partial charge in [-0.1, -0.05) is 36.4 Å². The molecule has 31 heavy (non-hydrogen) atoms. The average molecular weight is 424 g/mol. The second kappa shape index (κ2) is 10.6. The number of carbonyl (C=O) groups is 3. The number of carboxylic acid groups (broad SMARTS) is 1. The predicted molar refractivity (Wildman–Crippen MR) is 107 cm³/mol. The number of aromatic nitrogens is 4. The van der Waals surface area contributed by atoms with Gasteiger partial charge in [0.25, 0.3) is 12.4 Å². The van der Waals surface area contributed by atoms with Crippen molar-refractivity contribution >= 4 is 18.3 Å². The Labute approximate surface area is 176 Å². The molecule has 2 amide bonds. The van der Waals surface area contributed by atoms with Crippen LogP contribution in [0.4, 0.5) is 0 Å². The Kier molecular flexibility index (Phi) is 7.38. The lowest BCUT2D eigenvalue weighted by atomic mass is 10.0. The van der Waals surface area contributed by atoms with E-state index in [1.54, 1.807) is 24.5 Å². The molecule has 1 saturated heterocycles. The first kappa shape index (κ1) is 21.6. The van der Waals surface area contributed by atoms with E-state index in [2.05, 4.69) is 30.8 Å². The van der Waals surface area contributed by atoms with Gasteiger partial charge in [0.15, 0.2) is 11.9 Å². The van der Waals surface area contributed by atoms with Gasteiger partial charge in [-0.2, -0.15) is 5.10 Å². The van der Waals surface area contributed by atoms with Crippen molar-refractivity contribution in [3.8, 4) is 11.4 Å². The number of hydrogen-bond acceptors (Lipinski definition) is 7. The van der Waals surface area contributed by atoms with Crippen LogP contribution in [-0.2, 0) is 25.7 Å². The Morgan fingerprint density at radius 3 is 2.74 bits per heavy atom. The van der Waals surface area contributed by atoms with Gasteiger partial charge in [-0.15, -0.1) is 0 Å². The quantitative estimate of drug-likeness (QED) is 0.429. The first-order chi connectivity index (χ1) is 15.1. The number of aromatic amines is 1. The first-order valence-electron chi connectivity index (χ1n) is 9.25. The number of hydrogen-bond donors (Lipinski definition) is 4. The maximum Gasteiger partial charge on any atom is 0.290 e. The van der Waals surface area contributed by atoms with Crippen LogP contribution in [0.3, 0.4) is 0 Å². The van der Waals surface area contributed by atoms with Gasteiger partial charge in [0, 0.05) is 18.0 Å². The highest BCUT2D eigenvalue weighted by Gasteiger charge is 2.36. The van der Waals surface area contributed by atoms with Gasteiger partial charge in [-0.05, 0) is 11.6 Å². The number of carbonyl (C=O) groups excluding carboxylic acids is 2. The molecule has 4 rings (SSSR count). The van der Waals surface area contributed by atoms with Crippen LogP contribution in [0.25, 0.3) is 11.4 Å². The summed E-state index contributed by atoms with van der Waals surface area (Å²) in [6.45, 7) is -0.262. The highest BCUT2D eigenvalue weighted by Crippen LogP contribution is 2.22. The van der Waals surface area contributed by atoms with Crippen LogP contribution >= 0.6 is 0 Å². The smallest absolute Gasteiger partial charge is 0.290 e. The van der Waals surface area contributed by atoms with Crippen LogP contribution in [0.5, 0.6) is 0 Å². The van der Waals surface area contributed by atoms with E-state index in [0.717, 1.165) is 5.56 Å². The van der Waals surface area contributed by atoms with Gasteiger partial charge < -0.3 is 20.5 Å². The second-order valence-electron chi connectivity index (χ2n) is 6.36. The van der Waals surface area contributed by atoms with Gasteiger partial charge in [0.1, 0.15) is 12.4 Å². The number of ether oxygens (including phenoxy) is 1. The Morgan fingerprint density at radius 2 is 2.03 bits per heavy atom. The van der Waals surface area contributed by atoms with Gasteiger partial charge in [0.2, 0.25) is 5.91 Å². The zero-order valence-electron chi connectivity index (χ0n) is 16.3. The normalized spacial score (nSPS) is 17.6. The molecule has 0 saturated carbocycles. The minimum Gasteiger partial charge on any atom is -0.483 e. The number of morpholine rings is 1. The summed E-state index contributed by atoms with van der Waals surface area (Å²) in [7, 11) is 0. The monoisotopic (exact) mass is 424 g/mol. The van der Waals surface area contributed by atoms with Crippen LogP contribution in [0.15, 0.2) is 54.9 Å². The molecule has 11 heteroatoms. The van der Waals surface area contributed by atoms with Crippen LogP contribution in [0.2, 0.25) is 0 Å². The summed E-state index contributed by atoms with van der Waals surface area (Å²) < 4.78 is 5.48. The van der Waals surface area contributed by atoms with Gasteiger partial charge >= 0.3 is 0 Å². The van der Waals surface area contributed by atoms with E-state index in [-0.39, 0.29) is 31.4 Å². The fourth-order valence-corrected chi connectivity index (χ4v) is 2.96. The maximum atomic E-state index is 12.7. The van der Waals surface area contributed by atoms with E-state index in [4.69, 9.17) is 14.6 Å². The molecule has 0 radical (unpaired) electrons. The Bertz CT molecular complexity index is 1010. The summed E-state index contributed by atoms with van der Waals surface area (Å²) in [6, 6.07) is 12.5. The van der Waals surface area contributed by atoms with Crippen molar-refractivity contribution in [2.45, 2.75) is 18.7 Å². The summed E-state index contributed by atoms with van der Waals surface area (Å²) in [4.78, 5) is 41.2. The molecule has 160 valence electrons. The van der Waals surface area contributed by atoms with E-state index < -0.39 is 12.1 Å². The van der Waals surface area contributed by atoms with Crippen LogP contribution in [0.1, 0.15) is 17.4 Å². The highest BCUT2D eigenvalue weighted by atomic mass is 16.5. The van der Waals surface area contributed by atoms with E-state index in [9.17, 15) is 9.59 Å². The first-order valence-corrected chi connectivity index (χ1v) is 9.25.